The molecule has 109 valence electrons. The lowest BCUT2D eigenvalue weighted by molar-refractivity contribution is 3.29. The molecule has 0 saturated heterocycles. The molecule has 0 aliphatic carbocycles. The minimum atomic E-state index is -1.02. The van der Waals surface area contributed by atoms with Crippen LogP contribution in [0.3, 0.4) is 0 Å². The topological polar surface area (TPSA) is 0 Å². The fourth-order valence-electron chi connectivity index (χ4n) is 4.88. The Morgan fingerprint density at radius 1 is 0.314 bits per heavy atom. The van der Waals surface area contributed by atoms with Crippen molar-refractivity contribution in [2.24, 2.45) is 0 Å². The third kappa shape index (κ3) is 11.0. The van der Waals surface area contributed by atoms with E-state index in [1.165, 1.54) is 0 Å². The summed E-state index contributed by atoms with van der Waals surface area (Å²) >= 11 is 0. The van der Waals surface area contributed by atoms with Crippen LogP contribution in [0, 0.1) is 0 Å². The van der Waals surface area contributed by atoms with Gasteiger partial charge in [0.2, 0.25) is 0 Å². The first-order valence-corrected chi connectivity index (χ1v) is 11.0. The molecule has 0 bridgehead atoms. The highest BCUT2D eigenvalue weighted by Gasteiger charge is 2.48. The van der Waals surface area contributed by atoms with Crippen LogP contribution in [0.4, 0.5) is 0 Å². The van der Waals surface area contributed by atoms with Crippen molar-refractivity contribution < 1.29 is 0 Å². The summed E-state index contributed by atoms with van der Waals surface area (Å²) in [5.74, 6) is 0. The predicted molar refractivity (Wildman–Crippen MR) is 206 cm³/mol. The van der Waals surface area contributed by atoms with E-state index in [1.807, 2.05) is 0 Å². The molecule has 35 heavy (non-hydrogen) atoms. The van der Waals surface area contributed by atoms with Crippen molar-refractivity contribution in [3.8, 4) is 0 Å². The lowest BCUT2D eigenvalue weighted by Gasteiger charge is -2.47. The highest BCUT2D eigenvalue weighted by Crippen LogP contribution is 2.11. The lowest BCUT2D eigenvalue weighted by atomic mass is 8.34. The van der Waals surface area contributed by atoms with E-state index in [9.17, 15) is 0 Å². The van der Waals surface area contributed by atoms with Gasteiger partial charge in [-0.25, -0.2) is 0 Å². The minimum absolute atomic E-state index is 0.304. The van der Waals surface area contributed by atoms with Crippen LogP contribution < -0.4 is 0 Å². The van der Waals surface area contributed by atoms with Crippen LogP contribution in [-0.4, -0.2) is 248 Å². The summed E-state index contributed by atoms with van der Waals surface area (Å²) in [5, 5.41) is 0. The molecule has 0 heterocycles. The Kier molecular flexibility index (Phi) is 18.3. The van der Waals surface area contributed by atoms with Gasteiger partial charge >= 0.3 is 0 Å². The van der Waals surface area contributed by atoms with Crippen LogP contribution in [0.2, 0.25) is 0 Å². The van der Waals surface area contributed by atoms with Crippen molar-refractivity contribution in [2.45, 2.75) is 0 Å². The normalized spacial score (nSPS) is 9.51. The van der Waals surface area contributed by atoms with Gasteiger partial charge in [-0.15, -0.1) is 6.39 Å². The molecule has 0 aromatic rings. The summed E-state index contributed by atoms with van der Waals surface area (Å²) in [4.78, 5) is 0. The number of hydrogen-bond donors (Lipinski definition) is 0. The third-order valence-electron chi connectivity index (χ3n) is 6.44. The summed E-state index contributed by atoms with van der Waals surface area (Å²) < 4.78 is 0. The zero-order valence-electron chi connectivity index (χ0n) is 19.6. The second-order valence-electron chi connectivity index (χ2n) is 9.05. The molecule has 0 N–H and O–H groups in total. The van der Waals surface area contributed by atoms with Crippen LogP contribution in [-0.2, 0) is 0 Å². The first-order valence-electron chi connectivity index (χ1n) is 11.0. The molecule has 0 fully saturated rings. The van der Waals surface area contributed by atoms with Crippen molar-refractivity contribution in [1.29, 1.82) is 0 Å². The van der Waals surface area contributed by atoms with Crippen LogP contribution in [0.5, 0.6) is 0 Å². The van der Waals surface area contributed by atoms with E-state index in [2.05, 4.69) is 0 Å². The van der Waals surface area contributed by atoms with Gasteiger partial charge in [0.05, 0.1) is 0 Å². The smallest absolute Gasteiger partial charge is 0.0000000000000000739 e. The van der Waals surface area contributed by atoms with Gasteiger partial charge in [0.15, 0.2) is 0 Å². The van der Waals surface area contributed by atoms with Gasteiger partial charge in [-0.2, -0.15) is 0 Å². The van der Waals surface area contributed by atoms with Crippen molar-refractivity contribution in [3.63, 3.8) is 0 Å². The molecule has 0 spiro atoms. The lowest BCUT2D eigenvalue weighted by Crippen LogP contribution is -2.85. The number of hydrogen-bond acceptors (Lipinski definition) is 0. The molecule has 0 aromatic heterocycles. The Morgan fingerprint density at radius 3 is 0.686 bits per heavy atom. The minimum Gasteiger partial charge on any atom is -0.128 e. The molecule has 0 rings (SSSR count). The summed E-state index contributed by atoms with van der Waals surface area (Å²) in [7, 11) is 106. The van der Waals surface area contributed by atoms with Gasteiger partial charge in [-0.3, -0.25) is 0 Å². The summed E-state index contributed by atoms with van der Waals surface area (Å²) in [6.45, 7) is 0. The maximum absolute atomic E-state index is 6.35. The highest BCUT2D eigenvalue weighted by atomic mass is 13.3. The molecule has 0 atom stereocenters. The zero-order valence-corrected chi connectivity index (χ0v) is 19.6. The summed E-state index contributed by atoms with van der Waals surface area (Å²) in [5.41, 5.74) is 0. The van der Waals surface area contributed by atoms with E-state index in [0.29, 0.717) is 0 Å². The molecule has 0 nitrogen and oxygen atoms in total. The fourth-order valence-corrected chi connectivity index (χ4v) is 4.88. The van der Waals surface area contributed by atoms with Crippen LogP contribution in [0.25, 0.3) is 0 Å². The Morgan fingerprint density at radius 2 is 0.514 bits per heavy atom. The molecule has 35 heteroatoms. The molecule has 0 aliphatic heterocycles. The van der Waals surface area contributed by atoms with Gasteiger partial charge in [0.1, 0.15) is 0 Å². The van der Waals surface area contributed by atoms with Gasteiger partial charge in [0.25, 0.3) is 0 Å². The average Bonchev–Trinajstić information content (AvgIpc) is 2.62. The Labute approximate surface area is 247 Å². The highest BCUT2D eigenvalue weighted by molar-refractivity contribution is 8.24. The van der Waals surface area contributed by atoms with Gasteiger partial charge in [0, 0.05) is 0 Å². The molecule has 0 unspecified atom stereocenters. The van der Waals surface area contributed by atoms with E-state index in [0.717, 1.165) is 0 Å². The maximum atomic E-state index is 6.35. The summed E-state index contributed by atoms with van der Waals surface area (Å²) in [6, 6.07) is 0. The Bertz CT molecular complexity index is 480. The molecular formula is H3B35-. The Hall–Kier alpha value is 2.27. The van der Waals surface area contributed by atoms with E-state index >= 15 is 0 Å². The Balaban J connectivity index is 7.15. The van der Waals surface area contributed by atoms with Crippen LogP contribution in [0.15, 0.2) is 0 Å². The third-order valence-corrected chi connectivity index (χ3v) is 6.44. The summed E-state index contributed by atoms with van der Waals surface area (Å²) in [6.07, 6.45) is -13.3. The van der Waals surface area contributed by atoms with E-state index in [4.69, 9.17) is 132 Å². The molecule has 0 saturated carbocycles. The molecular weight excluding hydrogens is 378 g/mol. The molecule has 35 radical (unpaired) electrons. The predicted octanol–water partition coefficient (Wildman–Crippen LogP) is -14.1. The van der Waals surface area contributed by atoms with E-state index < -0.39 is 104 Å². The van der Waals surface area contributed by atoms with Crippen molar-refractivity contribution in [3.05, 3.63) is 0 Å². The SMILES string of the molecule is [B]B([B])B(B([B])[B])B([B]B(B(B([B])[B])B([B])[B])B(B([B])[B])B(B([B])[B])B([B])[BH3-])B(B([B])[B])B([B])[B]. The second kappa shape index (κ2) is 17.2. The zero-order chi connectivity index (χ0) is 27.9. The number of rotatable bonds is 16. The average molecular weight is 381 g/mol. The fraction of sp³-hybridized carbons (Fsp3) is 0. The maximum Gasteiger partial charge on any atom is -0.0000000000000000739 e. The first-order chi connectivity index (χ1) is 15.9. The first kappa shape index (κ1) is 37.3. The van der Waals surface area contributed by atoms with E-state index in [-0.39, 0.29) is 6.39 Å². The quantitative estimate of drug-likeness (QED) is 0.233. The standard InChI is InChI=1S/B35H3/c1-20(2)31(21(3)4)29(32(22(5)6)23(7)8)19-30(33(24(9)10)25(11)12)35(28(17)18)34(26(13)14)27(15)16/h13H3/q-1. The van der Waals surface area contributed by atoms with Crippen LogP contribution >= 0.6 is 0 Å². The van der Waals surface area contributed by atoms with Crippen molar-refractivity contribution in [2.75, 3.05) is 0 Å². The van der Waals surface area contributed by atoms with Crippen molar-refractivity contribution >= 4 is 248 Å². The monoisotopic (exact) mass is 388 g/mol. The molecule has 0 aliphatic rings. The van der Waals surface area contributed by atoms with Gasteiger partial charge in [-0.1, -0.05) is 7.74 Å². The largest absolute Gasteiger partial charge is 0.128 e. The second-order valence-corrected chi connectivity index (χ2v) is 9.05. The molecule has 0 amide bonds. The van der Waals surface area contributed by atoms with E-state index in [1.54, 1.807) is 7.06 Å². The van der Waals surface area contributed by atoms with Crippen LogP contribution in [0.1, 0.15) is 0 Å². The van der Waals surface area contributed by atoms with Gasteiger partial charge < -0.3 is 0 Å². The van der Waals surface area contributed by atoms with Gasteiger partial charge in [-0.05, 0) is 234 Å². The van der Waals surface area contributed by atoms with Crippen molar-refractivity contribution in [1.82, 2.24) is 0 Å². The molecule has 0 aromatic carbocycles.